The van der Waals surface area contributed by atoms with Crippen molar-refractivity contribution < 1.29 is 19.1 Å². The normalized spacial score (nSPS) is 14.5. The van der Waals surface area contributed by atoms with Gasteiger partial charge in [-0.1, -0.05) is 25.0 Å². The maximum absolute atomic E-state index is 13.7. The summed E-state index contributed by atoms with van der Waals surface area (Å²) in [5, 5.41) is 9.81. The molecular formula is C25H28N4O4. The standard InChI is InChI=1S/C25H28N4O4/c1-32-20-12-10-19(11-13-20)29(25(31)22-14-15-26-28-22)23(17-6-5-9-21(16-17)33-2)24(30)27-18-7-3-4-8-18/h5-6,9-16,18,23H,3-4,7-8H2,1-2H3,(H,26,28)(H,27,30)/t23-/m1/s1. The summed E-state index contributed by atoms with van der Waals surface area (Å²) >= 11 is 0. The van der Waals surface area contributed by atoms with Gasteiger partial charge in [0.1, 0.15) is 23.2 Å². The number of aromatic nitrogens is 2. The molecule has 33 heavy (non-hydrogen) atoms. The van der Waals surface area contributed by atoms with Gasteiger partial charge in [-0.15, -0.1) is 0 Å². The molecule has 1 atom stereocenters. The van der Waals surface area contributed by atoms with Crippen molar-refractivity contribution in [2.24, 2.45) is 0 Å². The number of ether oxygens (including phenoxy) is 2. The van der Waals surface area contributed by atoms with E-state index in [0.29, 0.717) is 22.7 Å². The maximum atomic E-state index is 13.7. The zero-order valence-electron chi connectivity index (χ0n) is 18.8. The maximum Gasteiger partial charge on any atom is 0.277 e. The zero-order chi connectivity index (χ0) is 23.2. The molecule has 1 heterocycles. The summed E-state index contributed by atoms with van der Waals surface area (Å²) in [5.74, 6) is 0.654. The first-order chi connectivity index (χ1) is 16.1. The highest BCUT2D eigenvalue weighted by Crippen LogP contribution is 2.33. The zero-order valence-corrected chi connectivity index (χ0v) is 18.8. The highest BCUT2D eigenvalue weighted by atomic mass is 16.5. The number of carbonyl (C=O) groups excluding carboxylic acids is 2. The van der Waals surface area contributed by atoms with Crippen LogP contribution in [0.2, 0.25) is 0 Å². The van der Waals surface area contributed by atoms with Crippen LogP contribution in [0.15, 0.2) is 60.8 Å². The first-order valence-corrected chi connectivity index (χ1v) is 11.0. The van der Waals surface area contributed by atoms with E-state index in [9.17, 15) is 9.59 Å². The fourth-order valence-electron chi connectivity index (χ4n) is 4.21. The number of hydrogen-bond acceptors (Lipinski definition) is 5. The van der Waals surface area contributed by atoms with E-state index < -0.39 is 6.04 Å². The highest BCUT2D eigenvalue weighted by Gasteiger charge is 2.35. The lowest BCUT2D eigenvalue weighted by Crippen LogP contribution is -2.46. The highest BCUT2D eigenvalue weighted by molar-refractivity contribution is 6.09. The summed E-state index contributed by atoms with van der Waals surface area (Å²) in [6, 6.07) is 15.1. The number of nitrogens with zero attached hydrogens (tertiary/aromatic N) is 2. The molecule has 1 aliphatic rings. The van der Waals surface area contributed by atoms with E-state index in [1.54, 1.807) is 50.6 Å². The Hall–Kier alpha value is -3.81. The monoisotopic (exact) mass is 448 g/mol. The second-order valence-electron chi connectivity index (χ2n) is 8.01. The minimum absolute atomic E-state index is 0.102. The Morgan fingerprint density at radius 1 is 1.03 bits per heavy atom. The first-order valence-electron chi connectivity index (χ1n) is 11.0. The molecule has 0 aliphatic heterocycles. The molecule has 1 aliphatic carbocycles. The van der Waals surface area contributed by atoms with Gasteiger partial charge in [0.25, 0.3) is 5.91 Å². The number of anilines is 1. The van der Waals surface area contributed by atoms with Crippen LogP contribution in [0.3, 0.4) is 0 Å². The molecule has 2 amide bonds. The molecule has 0 radical (unpaired) electrons. The van der Waals surface area contributed by atoms with E-state index in [2.05, 4.69) is 15.5 Å². The average Bonchev–Trinajstić information content (AvgIpc) is 3.57. The smallest absolute Gasteiger partial charge is 0.277 e. The number of nitrogens with one attached hydrogen (secondary N) is 2. The Balaban J connectivity index is 1.81. The van der Waals surface area contributed by atoms with Gasteiger partial charge in [0, 0.05) is 17.9 Å². The molecule has 8 nitrogen and oxygen atoms in total. The number of carbonyl (C=O) groups is 2. The fraction of sp³-hybridized carbons (Fsp3) is 0.320. The van der Waals surface area contributed by atoms with Crippen molar-refractivity contribution in [2.45, 2.75) is 37.8 Å². The Bertz CT molecular complexity index is 1080. The second-order valence-corrected chi connectivity index (χ2v) is 8.01. The topological polar surface area (TPSA) is 96.5 Å². The van der Waals surface area contributed by atoms with Crippen LogP contribution < -0.4 is 19.7 Å². The van der Waals surface area contributed by atoms with E-state index >= 15 is 0 Å². The molecule has 1 saturated carbocycles. The molecule has 3 aromatic rings. The molecule has 1 aromatic heterocycles. The van der Waals surface area contributed by atoms with Crippen LogP contribution in [0.1, 0.15) is 47.8 Å². The van der Waals surface area contributed by atoms with Crippen LogP contribution in [0.25, 0.3) is 0 Å². The average molecular weight is 449 g/mol. The summed E-state index contributed by atoms with van der Waals surface area (Å²) in [7, 11) is 3.15. The molecule has 8 heteroatoms. The third-order valence-corrected chi connectivity index (χ3v) is 5.92. The SMILES string of the molecule is COc1ccc(N(C(=O)c2ccn[nH]2)[C@@H](C(=O)NC2CCCC2)c2cccc(OC)c2)cc1. The van der Waals surface area contributed by atoms with Crippen LogP contribution in [0, 0.1) is 0 Å². The van der Waals surface area contributed by atoms with Crippen molar-refractivity contribution in [2.75, 3.05) is 19.1 Å². The van der Waals surface area contributed by atoms with Crippen LogP contribution in [0.4, 0.5) is 5.69 Å². The molecule has 1 fully saturated rings. The number of H-pyrrole nitrogens is 1. The van der Waals surface area contributed by atoms with Gasteiger partial charge in [0.15, 0.2) is 0 Å². The van der Waals surface area contributed by atoms with Crippen LogP contribution in [-0.4, -0.2) is 42.3 Å². The predicted octanol–water partition coefficient (Wildman–Crippen LogP) is 3.87. The Morgan fingerprint density at radius 2 is 1.76 bits per heavy atom. The van der Waals surface area contributed by atoms with Crippen molar-refractivity contribution in [3.05, 3.63) is 72.1 Å². The molecule has 2 aromatic carbocycles. The number of methoxy groups -OCH3 is 2. The third kappa shape index (κ3) is 5.00. The fourth-order valence-corrected chi connectivity index (χ4v) is 4.21. The van der Waals surface area contributed by atoms with Gasteiger partial charge in [0.05, 0.1) is 14.2 Å². The predicted molar refractivity (Wildman–Crippen MR) is 125 cm³/mol. The largest absolute Gasteiger partial charge is 0.497 e. The van der Waals surface area contributed by atoms with Gasteiger partial charge < -0.3 is 14.8 Å². The Labute approximate surface area is 192 Å². The van der Waals surface area contributed by atoms with Gasteiger partial charge in [-0.25, -0.2) is 0 Å². The van der Waals surface area contributed by atoms with Crippen molar-refractivity contribution in [1.82, 2.24) is 15.5 Å². The minimum atomic E-state index is -0.912. The lowest BCUT2D eigenvalue weighted by atomic mass is 10.0. The third-order valence-electron chi connectivity index (χ3n) is 5.92. The second kappa shape index (κ2) is 10.2. The summed E-state index contributed by atoms with van der Waals surface area (Å²) in [4.78, 5) is 28.9. The Morgan fingerprint density at radius 3 is 2.39 bits per heavy atom. The van der Waals surface area contributed by atoms with E-state index in [-0.39, 0.29) is 23.6 Å². The van der Waals surface area contributed by atoms with E-state index in [4.69, 9.17) is 9.47 Å². The summed E-state index contributed by atoms with van der Waals surface area (Å²) in [6.07, 6.45) is 5.56. The van der Waals surface area contributed by atoms with Gasteiger partial charge >= 0.3 is 0 Å². The molecule has 172 valence electrons. The van der Waals surface area contributed by atoms with Gasteiger partial charge in [-0.2, -0.15) is 5.10 Å². The van der Waals surface area contributed by atoms with Crippen LogP contribution in [-0.2, 0) is 4.79 Å². The van der Waals surface area contributed by atoms with Crippen molar-refractivity contribution in [1.29, 1.82) is 0 Å². The summed E-state index contributed by atoms with van der Waals surface area (Å²) in [6.45, 7) is 0. The number of hydrogen-bond donors (Lipinski definition) is 2. The van der Waals surface area contributed by atoms with Crippen molar-refractivity contribution in [3.63, 3.8) is 0 Å². The summed E-state index contributed by atoms with van der Waals surface area (Å²) < 4.78 is 10.7. The van der Waals surface area contributed by atoms with Gasteiger partial charge in [-0.05, 0) is 60.9 Å². The number of aromatic amines is 1. The first kappa shape index (κ1) is 22.4. The molecule has 0 unspecified atom stereocenters. The van der Waals surface area contributed by atoms with Crippen LogP contribution >= 0.6 is 0 Å². The molecular weight excluding hydrogens is 420 g/mol. The van der Waals surface area contributed by atoms with E-state index in [1.807, 2.05) is 18.2 Å². The molecule has 2 N–H and O–H groups in total. The number of amides is 2. The number of rotatable bonds is 8. The lowest BCUT2D eigenvalue weighted by molar-refractivity contribution is -0.123. The van der Waals surface area contributed by atoms with Crippen LogP contribution in [0.5, 0.6) is 11.5 Å². The Kier molecular flexibility index (Phi) is 6.92. The van der Waals surface area contributed by atoms with E-state index in [1.165, 1.54) is 11.1 Å². The van der Waals surface area contributed by atoms with E-state index in [0.717, 1.165) is 25.7 Å². The molecule has 4 rings (SSSR count). The lowest BCUT2D eigenvalue weighted by Gasteiger charge is -2.32. The van der Waals surface area contributed by atoms with Crippen molar-refractivity contribution >= 4 is 17.5 Å². The molecule has 0 bridgehead atoms. The van der Waals surface area contributed by atoms with Gasteiger partial charge in [-0.3, -0.25) is 19.6 Å². The number of benzene rings is 2. The van der Waals surface area contributed by atoms with Crippen molar-refractivity contribution in [3.8, 4) is 11.5 Å². The molecule has 0 spiro atoms. The van der Waals surface area contributed by atoms with Gasteiger partial charge in [0.2, 0.25) is 5.91 Å². The quantitative estimate of drug-likeness (QED) is 0.545. The summed E-state index contributed by atoms with van der Waals surface area (Å²) in [5.41, 5.74) is 1.49. The minimum Gasteiger partial charge on any atom is -0.497 e. The molecule has 0 saturated heterocycles.